The highest BCUT2D eigenvalue weighted by atomic mass is 32.2. The first-order valence-corrected chi connectivity index (χ1v) is 16.7. The molecule has 2 unspecified atom stereocenters. The van der Waals surface area contributed by atoms with Crippen molar-refractivity contribution in [1.29, 1.82) is 0 Å². The van der Waals surface area contributed by atoms with Gasteiger partial charge in [-0.25, -0.2) is 13.2 Å². The summed E-state index contributed by atoms with van der Waals surface area (Å²) in [5.74, 6) is -0.585. The number of likely N-dealkylation sites (N-methyl/N-ethyl adjacent to an activating group) is 1. The van der Waals surface area contributed by atoms with Crippen molar-refractivity contribution in [1.82, 2.24) is 25.3 Å². The van der Waals surface area contributed by atoms with Gasteiger partial charge in [-0.3, -0.25) is 9.63 Å². The minimum atomic E-state index is -3.78. The molecule has 3 aromatic rings. The van der Waals surface area contributed by atoms with Crippen molar-refractivity contribution in [2.45, 2.75) is 44.4 Å². The monoisotopic (exact) mass is 621 g/mol. The summed E-state index contributed by atoms with van der Waals surface area (Å²) in [6.07, 6.45) is 1.67. The lowest BCUT2D eigenvalue weighted by Gasteiger charge is -2.33. The highest BCUT2D eigenvalue weighted by Gasteiger charge is 2.28. The Bertz CT molecular complexity index is 1400. The Morgan fingerprint density at radius 2 is 1.34 bits per heavy atom. The maximum Gasteiger partial charge on any atom is 0.318 e. The van der Waals surface area contributed by atoms with Gasteiger partial charge in [-0.1, -0.05) is 95.9 Å². The Balaban J connectivity index is 1.41. The van der Waals surface area contributed by atoms with Crippen LogP contribution in [0.4, 0.5) is 4.79 Å². The lowest BCUT2D eigenvalue weighted by molar-refractivity contribution is -0.123. The molecule has 11 heteroatoms. The lowest BCUT2D eigenvalue weighted by atomic mass is 10.0. The molecule has 0 radical (unpaired) electrons. The number of carbonyl (C=O) groups excluding carboxylic acids is 2. The average molecular weight is 622 g/mol. The van der Waals surface area contributed by atoms with Gasteiger partial charge in [0, 0.05) is 38.6 Å². The average Bonchev–Trinajstić information content (AvgIpc) is 3.03. The third-order valence-electron chi connectivity index (χ3n) is 7.66. The Labute approximate surface area is 260 Å². The smallest absolute Gasteiger partial charge is 0.318 e. The van der Waals surface area contributed by atoms with Gasteiger partial charge < -0.3 is 20.4 Å². The molecule has 1 heterocycles. The van der Waals surface area contributed by atoms with Crippen LogP contribution in [0.3, 0.4) is 0 Å². The minimum absolute atomic E-state index is 0.0996. The number of piperazine rings is 1. The maximum atomic E-state index is 13.8. The number of urea groups is 1. The molecule has 4 rings (SSSR count). The molecule has 1 aliphatic rings. The summed E-state index contributed by atoms with van der Waals surface area (Å²) in [4.78, 5) is 38.3. The van der Waals surface area contributed by atoms with Gasteiger partial charge in [0.1, 0.15) is 6.04 Å². The van der Waals surface area contributed by atoms with Crippen LogP contribution in [0.1, 0.15) is 29.5 Å². The zero-order chi connectivity index (χ0) is 31.2. The fraction of sp³-hybridized carbons (Fsp3) is 0.394. The van der Waals surface area contributed by atoms with Gasteiger partial charge in [-0.15, -0.1) is 0 Å². The van der Waals surface area contributed by atoms with E-state index in [1.54, 1.807) is 4.90 Å². The molecule has 3 N–H and O–H groups in total. The first-order valence-electron chi connectivity index (χ1n) is 15.0. The molecule has 0 saturated carbocycles. The third kappa shape index (κ3) is 11.4. The molecule has 0 aromatic heterocycles. The van der Waals surface area contributed by atoms with Crippen molar-refractivity contribution in [2.24, 2.45) is 0 Å². The van der Waals surface area contributed by atoms with E-state index in [4.69, 9.17) is 4.84 Å². The van der Waals surface area contributed by atoms with Gasteiger partial charge in [0.25, 0.3) is 0 Å². The summed E-state index contributed by atoms with van der Waals surface area (Å²) >= 11 is 0. The summed E-state index contributed by atoms with van der Waals surface area (Å²) in [6, 6.07) is 27.1. The number of amides is 3. The second kappa shape index (κ2) is 16.9. The number of hydrogen-bond donors (Lipinski definition) is 3. The highest BCUT2D eigenvalue weighted by molar-refractivity contribution is 7.89. The summed E-state index contributed by atoms with van der Waals surface area (Å²) < 4.78 is 25.6. The zero-order valence-electron chi connectivity index (χ0n) is 25.2. The number of nitrogens with zero attached hydrogens (tertiary/aromatic N) is 2. The fourth-order valence-electron chi connectivity index (χ4n) is 5.00. The highest BCUT2D eigenvalue weighted by Crippen LogP contribution is 2.12. The predicted molar refractivity (Wildman–Crippen MR) is 171 cm³/mol. The molecule has 3 amide bonds. The van der Waals surface area contributed by atoms with Gasteiger partial charge in [-0.2, -0.15) is 0 Å². The Hall–Kier alpha value is -3.77. The number of nitrogens with one attached hydrogen (secondary N) is 3. The maximum absolute atomic E-state index is 13.8. The van der Waals surface area contributed by atoms with E-state index in [1.165, 1.54) is 0 Å². The molecule has 1 aliphatic heterocycles. The number of aryl methyl sites for hydroxylation is 1. The van der Waals surface area contributed by atoms with E-state index in [9.17, 15) is 18.0 Å². The Morgan fingerprint density at radius 3 is 1.95 bits per heavy atom. The van der Waals surface area contributed by atoms with Crippen LogP contribution in [-0.4, -0.2) is 81.2 Å². The summed E-state index contributed by atoms with van der Waals surface area (Å²) in [7, 11) is -1.76. The molecule has 3 aromatic carbocycles. The van der Waals surface area contributed by atoms with E-state index in [0.29, 0.717) is 32.4 Å². The molecule has 2 atom stereocenters. The van der Waals surface area contributed by atoms with Gasteiger partial charge >= 0.3 is 6.03 Å². The van der Waals surface area contributed by atoms with Crippen LogP contribution in [0.5, 0.6) is 0 Å². The van der Waals surface area contributed by atoms with Gasteiger partial charge in [0.05, 0.1) is 12.4 Å². The quantitative estimate of drug-likeness (QED) is 0.225. The molecule has 0 aliphatic carbocycles. The van der Waals surface area contributed by atoms with E-state index < -0.39 is 22.1 Å². The van der Waals surface area contributed by atoms with E-state index >= 15 is 0 Å². The van der Waals surface area contributed by atoms with Crippen molar-refractivity contribution >= 4 is 22.0 Å². The Morgan fingerprint density at radius 1 is 0.773 bits per heavy atom. The number of carbonyl (C=O) groups is 2. The molecule has 1 fully saturated rings. The minimum Gasteiger partial charge on any atom is -0.352 e. The van der Waals surface area contributed by atoms with Crippen molar-refractivity contribution in [3.63, 3.8) is 0 Å². The van der Waals surface area contributed by atoms with Crippen LogP contribution < -0.4 is 15.5 Å². The van der Waals surface area contributed by atoms with Gasteiger partial charge in [0.15, 0.2) is 0 Å². The molecule has 236 valence electrons. The largest absolute Gasteiger partial charge is 0.352 e. The molecule has 0 spiro atoms. The first-order chi connectivity index (χ1) is 21.3. The molecule has 0 bridgehead atoms. The van der Waals surface area contributed by atoms with E-state index in [1.807, 2.05) is 98.0 Å². The number of hydrogen-bond acceptors (Lipinski definition) is 6. The topological polar surface area (TPSA) is 120 Å². The molecule has 44 heavy (non-hydrogen) atoms. The van der Waals surface area contributed by atoms with Crippen molar-refractivity contribution in [3.8, 4) is 0 Å². The molecule has 10 nitrogen and oxygen atoms in total. The lowest BCUT2D eigenvalue weighted by Crippen LogP contribution is -2.57. The van der Waals surface area contributed by atoms with E-state index in [-0.39, 0.29) is 30.7 Å². The summed E-state index contributed by atoms with van der Waals surface area (Å²) in [5.41, 5.74) is 2.84. The Kier molecular flexibility index (Phi) is 12.7. The standard InChI is InChI=1S/C33H43N5O5S/c1-37-20-22-38(23-21-37)33(40)35-31(25-28-13-7-3-8-14-28)32(39)34-30(18-17-27-11-5-2-6-12-27)19-24-44(41,42)36-43-26-29-15-9-4-10-16-29/h2-16,30-31,36H,17-26H2,1H3,(H,34,39)(H,35,40). The number of sulfonamides is 1. The van der Waals surface area contributed by atoms with Crippen molar-refractivity contribution < 1.29 is 22.8 Å². The van der Waals surface area contributed by atoms with Crippen molar-refractivity contribution in [2.75, 3.05) is 39.0 Å². The fourth-order valence-corrected chi connectivity index (χ4v) is 5.92. The molecular formula is C33H43N5O5S. The van der Waals surface area contributed by atoms with Crippen LogP contribution in [0, 0.1) is 0 Å². The van der Waals surface area contributed by atoms with Crippen LogP contribution in [0.2, 0.25) is 0 Å². The van der Waals surface area contributed by atoms with E-state index in [2.05, 4.69) is 20.4 Å². The van der Waals surface area contributed by atoms with Gasteiger partial charge in [-0.05, 0) is 43.0 Å². The van der Waals surface area contributed by atoms with E-state index in [0.717, 1.165) is 29.8 Å². The second-order valence-electron chi connectivity index (χ2n) is 11.2. The normalized spacial score (nSPS) is 15.3. The van der Waals surface area contributed by atoms with Gasteiger partial charge in [0.2, 0.25) is 15.9 Å². The third-order valence-corrected chi connectivity index (χ3v) is 8.81. The molecule has 1 saturated heterocycles. The van der Waals surface area contributed by atoms with Crippen LogP contribution in [0.15, 0.2) is 91.0 Å². The zero-order valence-corrected chi connectivity index (χ0v) is 26.0. The predicted octanol–water partition coefficient (Wildman–Crippen LogP) is 3.11. The number of benzene rings is 3. The summed E-state index contributed by atoms with van der Waals surface area (Å²) in [6.45, 7) is 2.80. The molecular weight excluding hydrogens is 578 g/mol. The second-order valence-corrected chi connectivity index (χ2v) is 13.0. The number of rotatable bonds is 15. The summed E-state index contributed by atoms with van der Waals surface area (Å²) in [5, 5.41) is 6.01. The van der Waals surface area contributed by atoms with Crippen molar-refractivity contribution in [3.05, 3.63) is 108 Å². The SMILES string of the molecule is CN1CCN(C(=O)NC(Cc2ccccc2)C(=O)NC(CCc2ccccc2)CCS(=O)(=O)NOCc2ccccc2)CC1. The first kappa shape index (κ1) is 33.1. The van der Waals surface area contributed by atoms with Crippen LogP contribution in [-0.2, 0) is 39.1 Å². The van der Waals surface area contributed by atoms with Crippen LogP contribution in [0.25, 0.3) is 0 Å². The van der Waals surface area contributed by atoms with Crippen LogP contribution >= 0.6 is 0 Å².